The summed E-state index contributed by atoms with van der Waals surface area (Å²) in [5, 5.41) is 9.95. The van der Waals surface area contributed by atoms with Crippen molar-refractivity contribution in [3.63, 3.8) is 0 Å². The van der Waals surface area contributed by atoms with Crippen LogP contribution in [0.15, 0.2) is 30.9 Å². The molecule has 0 aliphatic heterocycles. The Kier molecular flexibility index (Phi) is 3.98. The molecule has 1 heterocycles. The Bertz CT molecular complexity index is 614. The molecule has 0 fully saturated rings. The number of hydrogen-bond donors (Lipinski definition) is 2. The maximum atomic E-state index is 11.6. The average Bonchev–Trinajstić information content (AvgIpc) is 2.86. The maximum Gasteiger partial charge on any atom is 0.328 e. The largest absolute Gasteiger partial charge is 0.328 e. The highest BCUT2D eigenvalue weighted by Crippen LogP contribution is 2.25. The lowest BCUT2D eigenvalue weighted by molar-refractivity contribution is -0.133. The fraction of sp³-hybridized carbons (Fsp3) is 0. The summed E-state index contributed by atoms with van der Waals surface area (Å²) in [5.74, 6) is -1.78. The molecule has 0 saturated heterocycles. The molecule has 0 atom stereocenters. The Morgan fingerprint density at radius 2 is 1.79 bits per heavy atom. The zero-order chi connectivity index (χ0) is 13.8. The second-order valence-electron chi connectivity index (χ2n) is 3.39. The lowest BCUT2D eigenvalue weighted by Crippen LogP contribution is -2.33. The molecule has 19 heavy (non-hydrogen) atoms. The minimum absolute atomic E-state index is 0.248. The number of hydrogen-bond acceptors (Lipinski definition) is 4. The Balaban J connectivity index is 2.04. The van der Waals surface area contributed by atoms with Crippen LogP contribution in [0.1, 0.15) is 0 Å². The van der Waals surface area contributed by atoms with E-state index in [1.807, 2.05) is 0 Å². The molecule has 2 N–H and O–H groups in total. The van der Waals surface area contributed by atoms with Gasteiger partial charge in [-0.15, -0.1) is 10.2 Å². The van der Waals surface area contributed by atoms with Crippen LogP contribution in [0.4, 0.5) is 5.69 Å². The number of anilines is 1. The molecule has 9 heteroatoms. The fourth-order valence-electron chi connectivity index (χ4n) is 1.20. The van der Waals surface area contributed by atoms with Gasteiger partial charge in [-0.1, -0.05) is 23.2 Å². The summed E-state index contributed by atoms with van der Waals surface area (Å²) in [6.45, 7) is 0. The molecule has 98 valence electrons. The second-order valence-corrected chi connectivity index (χ2v) is 4.23. The summed E-state index contributed by atoms with van der Waals surface area (Å²) in [6, 6.07) is 4.52. The average molecular weight is 300 g/mol. The first kappa shape index (κ1) is 13.3. The van der Waals surface area contributed by atoms with E-state index in [0.29, 0.717) is 5.02 Å². The molecular formula is C10H7Cl2N5O2. The maximum absolute atomic E-state index is 11.6. The minimum atomic E-state index is -0.893. The van der Waals surface area contributed by atoms with Crippen LogP contribution in [0.2, 0.25) is 10.0 Å². The van der Waals surface area contributed by atoms with Gasteiger partial charge in [0.05, 0.1) is 10.7 Å². The fourth-order valence-corrected chi connectivity index (χ4v) is 1.54. The Labute approximate surface area is 117 Å². The molecule has 0 aliphatic rings. The van der Waals surface area contributed by atoms with E-state index in [9.17, 15) is 9.59 Å². The number of rotatable bonds is 2. The number of halogens is 2. The summed E-state index contributed by atoms with van der Waals surface area (Å²) in [4.78, 5) is 23.2. The van der Waals surface area contributed by atoms with Crippen molar-refractivity contribution in [3.8, 4) is 0 Å². The highest BCUT2D eigenvalue weighted by Gasteiger charge is 2.15. The van der Waals surface area contributed by atoms with Crippen LogP contribution < -0.4 is 10.7 Å². The van der Waals surface area contributed by atoms with Crippen molar-refractivity contribution in [2.75, 3.05) is 10.7 Å². The van der Waals surface area contributed by atoms with E-state index >= 15 is 0 Å². The molecule has 0 spiro atoms. The number of nitrogens with zero attached hydrogens (tertiary/aromatic N) is 3. The molecule has 0 aliphatic carbocycles. The van der Waals surface area contributed by atoms with Gasteiger partial charge in [-0.25, -0.2) is 4.68 Å². The van der Waals surface area contributed by atoms with Gasteiger partial charge in [0.1, 0.15) is 12.7 Å². The van der Waals surface area contributed by atoms with Gasteiger partial charge >= 0.3 is 11.8 Å². The summed E-state index contributed by atoms with van der Waals surface area (Å²) >= 11 is 11.6. The van der Waals surface area contributed by atoms with Crippen LogP contribution in [-0.4, -0.2) is 26.7 Å². The quantitative estimate of drug-likeness (QED) is 0.818. The molecule has 0 saturated carbocycles. The van der Waals surface area contributed by atoms with Crippen molar-refractivity contribution in [3.05, 3.63) is 40.9 Å². The van der Waals surface area contributed by atoms with Crippen LogP contribution in [0, 0.1) is 0 Å². The highest BCUT2D eigenvalue weighted by atomic mass is 35.5. The predicted molar refractivity (Wildman–Crippen MR) is 69.5 cm³/mol. The smallest absolute Gasteiger partial charge is 0.316 e. The highest BCUT2D eigenvalue weighted by molar-refractivity contribution is 6.44. The SMILES string of the molecule is O=C(Nc1cc(Cl)ccc1Cl)C(=O)Nn1cnnc1. The van der Waals surface area contributed by atoms with Crippen LogP contribution in [0.25, 0.3) is 0 Å². The van der Waals surface area contributed by atoms with Crippen molar-refractivity contribution in [2.24, 2.45) is 0 Å². The van der Waals surface area contributed by atoms with Crippen molar-refractivity contribution in [1.29, 1.82) is 0 Å². The molecule has 2 rings (SSSR count). The molecule has 7 nitrogen and oxygen atoms in total. The Hall–Kier alpha value is -2.12. The predicted octanol–water partition coefficient (Wildman–Crippen LogP) is 1.29. The molecule has 1 aromatic carbocycles. The van der Waals surface area contributed by atoms with Crippen LogP contribution in [0.5, 0.6) is 0 Å². The molecule has 2 aromatic rings. The molecule has 2 amide bonds. The number of carbonyl (C=O) groups excluding carboxylic acids is 2. The first-order chi connectivity index (χ1) is 9.06. The van der Waals surface area contributed by atoms with Crippen molar-refractivity contribution in [2.45, 2.75) is 0 Å². The zero-order valence-corrected chi connectivity index (χ0v) is 10.8. The first-order valence-corrected chi connectivity index (χ1v) is 5.74. The van der Waals surface area contributed by atoms with Crippen LogP contribution in [-0.2, 0) is 9.59 Å². The number of amides is 2. The minimum Gasteiger partial charge on any atom is -0.316 e. The monoisotopic (exact) mass is 299 g/mol. The molecule has 0 radical (unpaired) electrons. The number of benzene rings is 1. The molecule has 0 unspecified atom stereocenters. The third kappa shape index (κ3) is 3.43. The van der Waals surface area contributed by atoms with E-state index in [4.69, 9.17) is 23.2 Å². The lowest BCUT2D eigenvalue weighted by atomic mass is 10.3. The van der Waals surface area contributed by atoms with E-state index in [2.05, 4.69) is 20.9 Å². The summed E-state index contributed by atoms with van der Waals surface area (Å²) in [5.41, 5.74) is 2.49. The standard InChI is InChI=1S/C10H7Cl2N5O2/c11-6-1-2-7(12)8(3-6)15-9(18)10(19)16-17-4-13-14-5-17/h1-5H,(H,15,18)(H,16,19). The van der Waals surface area contributed by atoms with Gasteiger partial charge in [-0.05, 0) is 18.2 Å². The number of aromatic nitrogens is 3. The van der Waals surface area contributed by atoms with Gasteiger partial charge in [0.25, 0.3) is 0 Å². The van der Waals surface area contributed by atoms with E-state index in [1.54, 1.807) is 6.07 Å². The summed E-state index contributed by atoms with van der Waals surface area (Å²) in [6.07, 6.45) is 2.47. The van der Waals surface area contributed by atoms with Gasteiger partial charge in [0, 0.05) is 5.02 Å². The molecule has 0 bridgehead atoms. The van der Waals surface area contributed by atoms with E-state index in [1.165, 1.54) is 24.8 Å². The van der Waals surface area contributed by atoms with Gasteiger partial charge < -0.3 is 5.32 Å². The van der Waals surface area contributed by atoms with Gasteiger partial charge in [-0.2, -0.15) is 0 Å². The Morgan fingerprint density at radius 3 is 2.47 bits per heavy atom. The van der Waals surface area contributed by atoms with Crippen LogP contribution in [0.3, 0.4) is 0 Å². The van der Waals surface area contributed by atoms with E-state index < -0.39 is 11.8 Å². The third-order valence-corrected chi connectivity index (χ3v) is 2.60. The van der Waals surface area contributed by atoms with Crippen LogP contribution >= 0.6 is 23.2 Å². The first-order valence-electron chi connectivity index (χ1n) is 4.98. The summed E-state index contributed by atoms with van der Waals surface area (Å²) < 4.78 is 1.14. The molecule has 1 aromatic heterocycles. The third-order valence-electron chi connectivity index (χ3n) is 2.03. The zero-order valence-electron chi connectivity index (χ0n) is 9.30. The van der Waals surface area contributed by atoms with Crippen molar-refractivity contribution >= 4 is 40.7 Å². The van der Waals surface area contributed by atoms with E-state index in [-0.39, 0.29) is 10.7 Å². The topological polar surface area (TPSA) is 88.9 Å². The Morgan fingerprint density at radius 1 is 1.11 bits per heavy atom. The van der Waals surface area contributed by atoms with Gasteiger partial charge in [-0.3, -0.25) is 15.0 Å². The van der Waals surface area contributed by atoms with Gasteiger partial charge in [0.15, 0.2) is 0 Å². The number of carbonyl (C=O) groups is 2. The van der Waals surface area contributed by atoms with Crippen molar-refractivity contribution in [1.82, 2.24) is 14.9 Å². The van der Waals surface area contributed by atoms with Crippen molar-refractivity contribution < 1.29 is 9.59 Å². The summed E-state index contributed by atoms with van der Waals surface area (Å²) in [7, 11) is 0. The molecular weight excluding hydrogens is 293 g/mol. The lowest BCUT2D eigenvalue weighted by Gasteiger charge is -2.08. The number of nitrogens with one attached hydrogen (secondary N) is 2. The van der Waals surface area contributed by atoms with Gasteiger partial charge in [0.2, 0.25) is 0 Å². The normalized spacial score (nSPS) is 10.0. The van der Waals surface area contributed by atoms with E-state index in [0.717, 1.165) is 4.68 Å². The second kappa shape index (κ2) is 5.68.